The summed E-state index contributed by atoms with van der Waals surface area (Å²) in [6.45, 7) is 4.18. The van der Waals surface area contributed by atoms with E-state index in [0.29, 0.717) is 11.3 Å². The molecule has 1 aliphatic heterocycles. The molecule has 5 heteroatoms. The van der Waals surface area contributed by atoms with Gasteiger partial charge in [-0.25, -0.2) is 0 Å². The number of aliphatic hydroxyl groups is 1. The van der Waals surface area contributed by atoms with E-state index >= 15 is 0 Å². The molecule has 20 heavy (non-hydrogen) atoms. The normalized spacial score (nSPS) is 22.0. The van der Waals surface area contributed by atoms with Crippen molar-refractivity contribution in [1.82, 2.24) is 5.32 Å². The van der Waals surface area contributed by atoms with E-state index in [9.17, 15) is 9.90 Å². The highest BCUT2D eigenvalue weighted by Gasteiger charge is 2.31. The molecule has 1 amide bonds. The van der Waals surface area contributed by atoms with Crippen molar-refractivity contribution in [3.05, 3.63) is 29.3 Å². The van der Waals surface area contributed by atoms with E-state index in [2.05, 4.69) is 12.2 Å². The van der Waals surface area contributed by atoms with E-state index < -0.39 is 6.04 Å². The summed E-state index contributed by atoms with van der Waals surface area (Å²) < 4.78 is 10.7. The third kappa shape index (κ3) is 2.78. The lowest BCUT2D eigenvalue weighted by atomic mass is 9.97. The Kier molecular flexibility index (Phi) is 4.62. The average Bonchev–Trinajstić information content (AvgIpc) is 2.73. The minimum Gasteiger partial charge on any atom is -0.489 e. The molecular formula is C15H21NO4. The molecule has 1 aromatic carbocycles. The van der Waals surface area contributed by atoms with Crippen molar-refractivity contribution < 1.29 is 19.4 Å². The number of benzene rings is 1. The van der Waals surface area contributed by atoms with E-state index in [1.807, 2.05) is 19.1 Å². The molecule has 3 unspecified atom stereocenters. The van der Waals surface area contributed by atoms with Crippen LogP contribution in [0.25, 0.3) is 0 Å². The van der Waals surface area contributed by atoms with Crippen LogP contribution in [-0.4, -0.2) is 43.5 Å². The van der Waals surface area contributed by atoms with Gasteiger partial charge in [0.2, 0.25) is 0 Å². The minimum atomic E-state index is -0.417. The third-order valence-electron chi connectivity index (χ3n) is 3.71. The SMILES string of the molecule is COCC(CO)NC(=O)c1cccc2c1OC(C)C2C. The van der Waals surface area contributed by atoms with Crippen LogP contribution in [-0.2, 0) is 4.74 Å². The van der Waals surface area contributed by atoms with Crippen LogP contribution in [0.2, 0.25) is 0 Å². The van der Waals surface area contributed by atoms with Gasteiger partial charge in [-0.15, -0.1) is 0 Å². The van der Waals surface area contributed by atoms with Crippen LogP contribution in [0.3, 0.4) is 0 Å². The molecule has 110 valence electrons. The Balaban J connectivity index is 2.20. The summed E-state index contributed by atoms with van der Waals surface area (Å²) in [4.78, 5) is 12.3. The topological polar surface area (TPSA) is 67.8 Å². The molecule has 0 saturated heterocycles. The fourth-order valence-electron chi connectivity index (χ4n) is 2.37. The van der Waals surface area contributed by atoms with Gasteiger partial charge in [-0.05, 0) is 13.0 Å². The number of para-hydroxylation sites is 1. The standard InChI is InChI=1S/C15H21NO4/c1-9-10(2)20-14-12(9)5-4-6-13(14)15(18)16-11(7-17)8-19-3/h4-6,9-11,17H,7-8H2,1-3H3,(H,16,18). The molecule has 0 aromatic heterocycles. The molecule has 2 N–H and O–H groups in total. The molecule has 1 heterocycles. The monoisotopic (exact) mass is 279 g/mol. The van der Waals surface area contributed by atoms with Gasteiger partial charge in [-0.2, -0.15) is 0 Å². The summed E-state index contributed by atoms with van der Waals surface area (Å²) in [5, 5.41) is 12.0. The average molecular weight is 279 g/mol. The van der Waals surface area contributed by atoms with Gasteiger partial charge in [0, 0.05) is 18.6 Å². The van der Waals surface area contributed by atoms with Gasteiger partial charge in [-0.1, -0.05) is 19.1 Å². The van der Waals surface area contributed by atoms with Gasteiger partial charge in [-0.3, -0.25) is 4.79 Å². The predicted octanol–water partition coefficient (Wildman–Crippen LogP) is 1.31. The second-order valence-corrected chi connectivity index (χ2v) is 5.14. The Morgan fingerprint density at radius 1 is 1.50 bits per heavy atom. The van der Waals surface area contributed by atoms with Crippen molar-refractivity contribution in [2.45, 2.75) is 31.9 Å². The second-order valence-electron chi connectivity index (χ2n) is 5.14. The van der Waals surface area contributed by atoms with Gasteiger partial charge < -0.3 is 19.9 Å². The van der Waals surface area contributed by atoms with Gasteiger partial charge in [0.15, 0.2) is 0 Å². The summed E-state index contributed by atoms with van der Waals surface area (Å²) in [6, 6.07) is 5.16. The Labute approximate surface area is 118 Å². The minimum absolute atomic E-state index is 0.0616. The smallest absolute Gasteiger partial charge is 0.255 e. The molecule has 0 saturated carbocycles. The zero-order valence-corrected chi connectivity index (χ0v) is 12.1. The van der Waals surface area contributed by atoms with Crippen LogP contribution >= 0.6 is 0 Å². The molecule has 3 atom stereocenters. The Morgan fingerprint density at radius 3 is 2.90 bits per heavy atom. The number of hydrogen-bond donors (Lipinski definition) is 2. The number of ether oxygens (including phenoxy) is 2. The van der Waals surface area contributed by atoms with E-state index in [0.717, 1.165) is 5.56 Å². The first-order valence-electron chi connectivity index (χ1n) is 6.78. The number of rotatable bonds is 5. The molecule has 0 aliphatic carbocycles. The van der Waals surface area contributed by atoms with Crippen molar-refractivity contribution in [2.75, 3.05) is 20.3 Å². The van der Waals surface area contributed by atoms with Crippen molar-refractivity contribution in [2.24, 2.45) is 0 Å². The number of aliphatic hydroxyl groups excluding tert-OH is 1. The molecular weight excluding hydrogens is 258 g/mol. The summed E-state index contributed by atoms with van der Waals surface area (Å²) in [7, 11) is 1.53. The van der Waals surface area contributed by atoms with Crippen molar-refractivity contribution in [3.8, 4) is 5.75 Å². The second kappa shape index (κ2) is 6.24. The maximum atomic E-state index is 12.3. The Hall–Kier alpha value is -1.59. The number of hydrogen-bond acceptors (Lipinski definition) is 4. The molecule has 1 aliphatic rings. The molecule has 0 fully saturated rings. The van der Waals surface area contributed by atoms with Crippen LogP contribution < -0.4 is 10.1 Å². The highest BCUT2D eigenvalue weighted by Crippen LogP contribution is 2.40. The first-order chi connectivity index (χ1) is 9.58. The fourth-order valence-corrected chi connectivity index (χ4v) is 2.37. The summed E-state index contributed by atoms with van der Waals surface area (Å²) >= 11 is 0. The van der Waals surface area contributed by atoms with E-state index in [-0.39, 0.29) is 31.1 Å². The number of amides is 1. The maximum absolute atomic E-state index is 12.3. The van der Waals surface area contributed by atoms with Crippen molar-refractivity contribution in [1.29, 1.82) is 0 Å². The predicted molar refractivity (Wildman–Crippen MR) is 75.2 cm³/mol. The third-order valence-corrected chi connectivity index (χ3v) is 3.71. The van der Waals surface area contributed by atoms with E-state index in [1.165, 1.54) is 7.11 Å². The van der Waals surface area contributed by atoms with E-state index in [1.54, 1.807) is 6.07 Å². The highest BCUT2D eigenvalue weighted by molar-refractivity contribution is 5.97. The number of nitrogens with one attached hydrogen (secondary N) is 1. The fraction of sp³-hybridized carbons (Fsp3) is 0.533. The Bertz CT molecular complexity index is 489. The quantitative estimate of drug-likeness (QED) is 0.852. The van der Waals surface area contributed by atoms with Crippen LogP contribution in [0.15, 0.2) is 18.2 Å². The lowest BCUT2D eigenvalue weighted by molar-refractivity contribution is 0.0835. The summed E-state index contributed by atoms with van der Waals surface area (Å²) in [5.41, 5.74) is 1.56. The molecule has 2 rings (SSSR count). The van der Waals surface area contributed by atoms with Gasteiger partial charge >= 0.3 is 0 Å². The molecule has 0 radical (unpaired) electrons. The highest BCUT2D eigenvalue weighted by atomic mass is 16.5. The van der Waals surface area contributed by atoms with Crippen LogP contribution in [0, 0.1) is 0 Å². The Morgan fingerprint density at radius 2 is 2.25 bits per heavy atom. The van der Waals surface area contributed by atoms with Gasteiger partial charge in [0.1, 0.15) is 11.9 Å². The maximum Gasteiger partial charge on any atom is 0.255 e. The summed E-state index contributed by atoms with van der Waals surface area (Å²) in [5.74, 6) is 0.670. The summed E-state index contributed by atoms with van der Waals surface area (Å²) in [6.07, 6.45) is 0.0616. The van der Waals surface area contributed by atoms with Gasteiger partial charge in [0.25, 0.3) is 5.91 Å². The zero-order valence-electron chi connectivity index (χ0n) is 12.1. The van der Waals surface area contributed by atoms with E-state index in [4.69, 9.17) is 9.47 Å². The number of carbonyl (C=O) groups excluding carboxylic acids is 1. The zero-order chi connectivity index (χ0) is 14.7. The molecule has 0 bridgehead atoms. The van der Waals surface area contributed by atoms with Crippen LogP contribution in [0.4, 0.5) is 0 Å². The molecule has 5 nitrogen and oxygen atoms in total. The van der Waals surface area contributed by atoms with Crippen molar-refractivity contribution >= 4 is 5.91 Å². The first kappa shape index (κ1) is 14.8. The molecule has 1 aromatic rings. The van der Waals surface area contributed by atoms with Crippen LogP contribution in [0.1, 0.15) is 35.7 Å². The number of methoxy groups -OCH3 is 1. The lowest BCUT2D eigenvalue weighted by Gasteiger charge is -2.16. The largest absolute Gasteiger partial charge is 0.489 e. The first-order valence-corrected chi connectivity index (χ1v) is 6.78. The number of fused-ring (bicyclic) bond motifs is 1. The lowest BCUT2D eigenvalue weighted by Crippen LogP contribution is -2.40. The van der Waals surface area contributed by atoms with Gasteiger partial charge in [0.05, 0.1) is 24.8 Å². The van der Waals surface area contributed by atoms with Crippen LogP contribution in [0.5, 0.6) is 5.75 Å². The van der Waals surface area contributed by atoms with Crippen molar-refractivity contribution in [3.63, 3.8) is 0 Å². The number of carbonyl (C=O) groups is 1. The molecule has 0 spiro atoms.